The lowest BCUT2D eigenvalue weighted by atomic mass is 10.1. The predicted octanol–water partition coefficient (Wildman–Crippen LogP) is 4.02. The Bertz CT molecular complexity index is 849. The van der Waals surface area contributed by atoms with Crippen LogP contribution in [0, 0.1) is 26.8 Å². The first-order chi connectivity index (χ1) is 12.7. The third-order valence-electron chi connectivity index (χ3n) is 3.40. The monoisotopic (exact) mass is 498 g/mol. The van der Waals surface area contributed by atoms with Crippen molar-refractivity contribution in [1.29, 1.82) is 0 Å². The van der Waals surface area contributed by atoms with E-state index in [0.29, 0.717) is 9.64 Å². The van der Waals surface area contributed by atoms with Gasteiger partial charge in [0.2, 0.25) is 0 Å². The van der Waals surface area contributed by atoms with Gasteiger partial charge in [0, 0.05) is 3.57 Å². The number of anilines is 2. The normalized spacial score (nSPS) is 12.0. The maximum atomic E-state index is 14.2. The van der Waals surface area contributed by atoms with Gasteiger partial charge in [-0.05, 0) is 60.2 Å². The minimum Gasteiger partial charge on any atom is -0.393 e. The molecule has 0 aliphatic heterocycles. The highest BCUT2D eigenvalue weighted by Crippen LogP contribution is 2.30. The lowest BCUT2D eigenvalue weighted by molar-refractivity contribution is 0.0186. The van der Waals surface area contributed by atoms with E-state index in [1.54, 1.807) is 0 Å². The molecular formula is C17H15F4IN2O3. The molecule has 0 aromatic heterocycles. The van der Waals surface area contributed by atoms with Crippen LogP contribution in [0.15, 0.2) is 24.3 Å². The number of rotatable bonds is 7. The van der Waals surface area contributed by atoms with Crippen LogP contribution >= 0.6 is 22.6 Å². The van der Waals surface area contributed by atoms with E-state index in [1.807, 2.05) is 28.1 Å². The fourth-order valence-corrected chi connectivity index (χ4v) is 2.48. The number of aliphatic hydroxyl groups excluding tert-OH is 1. The van der Waals surface area contributed by atoms with Crippen LogP contribution in [0.25, 0.3) is 0 Å². The highest BCUT2D eigenvalue weighted by molar-refractivity contribution is 14.1. The van der Waals surface area contributed by atoms with Crippen molar-refractivity contribution >= 4 is 39.9 Å². The fraction of sp³-hybridized carbons (Fsp3) is 0.235. The Morgan fingerprint density at radius 1 is 1.19 bits per heavy atom. The van der Waals surface area contributed by atoms with Crippen molar-refractivity contribution in [2.45, 2.75) is 19.4 Å². The molecule has 0 spiro atoms. The van der Waals surface area contributed by atoms with Gasteiger partial charge in [0.1, 0.15) is 5.82 Å². The molecule has 2 aromatic rings. The van der Waals surface area contributed by atoms with Crippen molar-refractivity contribution in [1.82, 2.24) is 5.48 Å². The van der Waals surface area contributed by atoms with Crippen LogP contribution in [0.2, 0.25) is 0 Å². The van der Waals surface area contributed by atoms with E-state index in [0.717, 1.165) is 6.07 Å². The lowest BCUT2D eigenvalue weighted by Gasteiger charge is -2.15. The maximum absolute atomic E-state index is 14.2. The molecule has 2 aromatic carbocycles. The van der Waals surface area contributed by atoms with Gasteiger partial charge >= 0.3 is 0 Å². The Balaban J connectivity index is 2.32. The molecule has 2 rings (SSSR count). The van der Waals surface area contributed by atoms with Crippen molar-refractivity contribution in [3.63, 3.8) is 0 Å². The second kappa shape index (κ2) is 9.33. The minimum absolute atomic E-state index is 0.0654. The Kier molecular flexibility index (Phi) is 7.39. The summed E-state index contributed by atoms with van der Waals surface area (Å²) in [5.74, 6) is -6.93. The molecule has 146 valence electrons. The Morgan fingerprint density at radius 2 is 1.89 bits per heavy atom. The Labute approximate surface area is 165 Å². The Hall–Kier alpha value is -1.92. The van der Waals surface area contributed by atoms with Gasteiger partial charge in [-0.2, -0.15) is 0 Å². The summed E-state index contributed by atoms with van der Waals surface area (Å²) < 4.78 is 56.0. The van der Waals surface area contributed by atoms with E-state index < -0.39 is 46.5 Å². The zero-order valence-electron chi connectivity index (χ0n) is 14.0. The molecule has 0 aliphatic carbocycles. The van der Waals surface area contributed by atoms with E-state index in [1.165, 1.54) is 19.1 Å². The van der Waals surface area contributed by atoms with Gasteiger partial charge in [-0.1, -0.05) is 0 Å². The molecule has 27 heavy (non-hydrogen) atoms. The summed E-state index contributed by atoms with van der Waals surface area (Å²) in [4.78, 5) is 17.0. The summed E-state index contributed by atoms with van der Waals surface area (Å²) in [6.45, 7) is 1.44. The number of carbonyl (C=O) groups excluding carboxylic acids is 1. The molecule has 0 saturated heterocycles. The summed E-state index contributed by atoms with van der Waals surface area (Å²) in [6, 6.07) is 4.37. The van der Waals surface area contributed by atoms with Crippen LogP contribution in [0.3, 0.4) is 0 Å². The third-order valence-corrected chi connectivity index (χ3v) is 4.07. The number of carbonyl (C=O) groups is 1. The summed E-state index contributed by atoms with van der Waals surface area (Å²) in [6.07, 6.45) is -0.477. The van der Waals surface area contributed by atoms with Gasteiger partial charge in [-0.3, -0.25) is 9.63 Å². The number of amides is 1. The number of hydrogen-bond donors (Lipinski definition) is 3. The average Bonchev–Trinajstić information content (AvgIpc) is 2.60. The number of benzene rings is 2. The summed E-state index contributed by atoms with van der Waals surface area (Å²) in [5.41, 5.74) is 0.337. The van der Waals surface area contributed by atoms with Crippen LogP contribution in [-0.2, 0) is 4.84 Å². The minimum atomic E-state index is -1.81. The lowest BCUT2D eigenvalue weighted by Crippen LogP contribution is -2.26. The fourth-order valence-electron chi connectivity index (χ4n) is 2.02. The zero-order chi connectivity index (χ0) is 20.1. The number of halogens is 5. The highest BCUT2D eigenvalue weighted by atomic mass is 127. The highest BCUT2D eigenvalue weighted by Gasteiger charge is 2.24. The topological polar surface area (TPSA) is 70.6 Å². The largest absolute Gasteiger partial charge is 0.393 e. The molecule has 0 bridgehead atoms. The Morgan fingerprint density at radius 3 is 2.52 bits per heavy atom. The maximum Gasteiger partial charge on any atom is 0.277 e. The molecule has 3 N–H and O–H groups in total. The van der Waals surface area contributed by atoms with E-state index in [4.69, 9.17) is 9.94 Å². The van der Waals surface area contributed by atoms with Crippen LogP contribution < -0.4 is 10.8 Å². The molecule has 1 atom stereocenters. The second-order valence-electron chi connectivity index (χ2n) is 5.58. The van der Waals surface area contributed by atoms with Crippen molar-refractivity contribution in [3.05, 3.63) is 56.7 Å². The quantitative estimate of drug-likeness (QED) is 0.177. The van der Waals surface area contributed by atoms with E-state index in [2.05, 4.69) is 5.32 Å². The molecule has 5 nitrogen and oxygen atoms in total. The predicted molar refractivity (Wildman–Crippen MR) is 98.4 cm³/mol. The summed E-state index contributed by atoms with van der Waals surface area (Å²) >= 11 is 1.86. The molecule has 0 radical (unpaired) electrons. The second-order valence-corrected chi connectivity index (χ2v) is 6.82. The molecule has 0 saturated carbocycles. The summed E-state index contributed by atoms with van der Waals surface area (Å²) in [7, 11) is 0. The summed E-state index contributed by atoms with van der Waals surface area (Å²) in [5, 5.41) is 11.4. The number of nitrogens with one attached hydrogen (secondary N) is 2. The number of aliphatic hydroxyl groups is 1. The van der Waals surface area contributed by atoms with Gasteiger partial charge in [0.15, 0.2) is 17.5 Å². The molecule has 1 unspecified atom stereocenters. The number of hydrogen-bond acceptors (Lipinski definition) is 4. The van der Waals surface area contributed by atoms with Crippen LogP contribution in [0.1, 0.15) is 23.7 Å². The third kappa shape index (κ3) is 5.53. The first-order valence-electron chi connectivity index (χ1n) is 7.70. The zero-order valence-corrected chi connectivity index (χ0v) is 16.1. The van der Waals surface area contributed by atoms with E-state index in [-0.39, 0.29) is 18.7 Å². The molecule has 0 fully saturated rings. The molecular weight excluding hydrogens is 483 g/mol. The molecule has 1 amide bonds. The van der Waals surface area contributed by atoms with Crippen LogP contribution in [-0.4, -0.2) is 23.7 Å². The standard InChI is InChI=1S/C17H15F4IN2O3/c1-8(25)4-5-27-24-17(26)10-7-12(19)14(20)15(21)16(10)23-13-3-2-9(22)6-11(13)18/h2-3,6-8,23,25H,4-5H2,1H3,(H,24,26). The van der Waals surface area contributed by atoms with Gasteiger partial charge in [-0.15, -0.1) is 0 Å². The molecule has 10 heteroatoms. The SMILES string of the molecule is CC(O)CCONC(=O)c1cc(F)c(F)c(F)c1Nc1ccc(I)cc1F. The van der Waals surface area contributed by atoms with Crippen molar-refractivity contribution < 1.29 is 32.3 Å². The van der Waals surface area contributed by atoms with Crippen LogP contribution in [0.5, 0.6) is 0 Å². The first kappa shape index (κ1) is 21.4. The van der Waals surface area contributed by atoms with Gasteiger partial charge < -0.3 is 10.4 Å². The van der Waals surface area contributed by atoms with E-state index in [9.17, 15) is 22.4 Å². The van der Waals surface area contributed by atoms with Crippen molar-refractivity contribution in [2.24, 2.45) is 0 Å². The molecule has 0 heterocycles. The average molecular weight is 498 g/mol. The van der Waals surface area contributed by atoms with E-state index >= 15 is 0 Å². The smallest absolute Gasteiger partial charge is 0.277 e. The first-order valence-corrected chi connectivity index (χ1v) is 8.78. The van der Waals surface area contributed by atoms with Gasteiger partial charge in [0.05, 0.1) is 29.6 Å². The van der Waals surface area contributed by atoms with Crippen molar-refractivity contribution in [3.8, 4) is 0 Å². The van der Waals surface area contributed by atoms with Crippen molar-refractivity contribution in [2.75, 3.05) is 11.9 Å². The molecule has 0 aliphatic rings. The van der Waals surface area contributed by atoms with Gasteiger partial charge in [0.25, 0.3) is 5.91 Å². The van der Waals surface area contributed by atoms with Gasteiger partial charge in [-0.25, -0.2) is 23.0 Å². The number of hydroxylamine groups is 1. The van der Waals surface area contributed by atoms with Crippen LogP contribution in [0.4, 0.5) is 28.9 Å².